The van der Waals surface area contributed by atoms with Gasteiger partial charge in [-0.25, -0.2) is 0 Å². The van der Waals surface area contributed by atoms with Gasteiger partial charge in [0.2, 0.25) is 0 Å². The summed E-state index contributed by atoms with van der Waals surface area (Å²) in [6.45, 7) is 6.53. The zero-order chi connectivity index (χ0) is 11.7. The summed E-state index contributed by atoms with van der Waals surface area (Å²) < 4.78 is 0. The van der Waals surface area contributed by atoms with Gasteiger partial charge in [-0.2, -0.15) is 11.8 Å². The molecule has 0 aromatic heterocycles. The summed E-state index contributed by atoms with van der Waals surface area (Å²) in [4.78, 5) is 2.46. The highest BCUT2D eigenvalue weighted by Gasteiger charge is 2.13. The second-order valence-electron chi connectivity index (χ2n) is 4.46. The lowest BCUT2D eigenvalue weighted by molar-refractivity contribution is 0.210. The molecular formula is C12H28N2S. The van der Waals surface area contributed by atoms with E-state index in [1.807, 2.05) is 11.8 Å². The molecule has 0 aromatic rings. The lowest BCUT2D eigenvalue weighted by Gasteiger charge is -2.28. The third kappa shape index (κ3) is 7.20. The molecule has 0 aromatic carbocycles. The van der Waals surface area contributed by atoms with Crippen molar-refractivity contribution in [2.45, 2.75) is 39.2 Å². The summed E-state index contributed by atoms with van der Waals surface area (Å²) in [7, 11) is 2.23. The predicted molar refractivity (Wildman–Crippen MR) is 72.5 cm³/mol. The van der Waals surface area contributed by atoms with E-state index in [-0.39, 0.29) is 0 Å². The first kappa shape index (κ1) is 15.3. The number of hydrogen-bond donors (Lipinski definition) is 1. The highest BCUT2D eigenvalue weighted by atomic mass is 32.2. The maximum absolute atomic E-state index is 5.78. The zero-order valence-corrected chi connectivity index (χ0v) is 11.6. The van der Waals surface area contributed by atoms with Crippen LogP contribution < -0.4 is 5.73 Å². The van der Waals surface area contributed by atoms with E-state index < -0.39 is 0 Å². The molecule has 2 unspecified atom stereocenters. The van der Waals surface area contributed by atoms with Gasteiger partial charge in [-0.3, -0.25) is 0 Å². The Morgan fingerprint density at radius 2 is 2.00 bits per heavy atom. The molecular weight excluding hydrogens is 204 g/mol. The molecule has 0 bridgehead atoms. The van der Waals surface area contributed by atoms with Crippen molar-refractivity contribution >= 4 is 11.8 Å². The molecule has 0 saturated carbocycles. The van der Waals surface area contributed by atoms with Crippen LogP contribution in [0.5, 0.6) is 0 Å². The molecule has 2 N–H and O–H groups in total. The van der Waals surface area contributed by atoms with E-state index in [4.69, 9.17) is 5.73 Å². The molecule has 0 aliphatic heterocycles. The minimum Gasteiger partial charge on any atom is -0.330 e. The average molecular weight is 232 g/mol. The van der Waals surface area contributed by atoms with Crippen molar-refractivity contribution in [3.63, 3.8) is 0 Å². The smallest absolute Gasteiger partial charge is 0.00718 e. The third-order valence-electron chi connectivity index (χ3n) is 3.07. The number of nitrogens with zero attached hydrogens (tertiary/aromatic N) is 1. The predicted octanol–water partition coefficient (Wildman–Crippen LogP) is 2.43. The Labute approximate surface area is 100.0 Å². The van der Waals surface area contributed by atoms with E-state index in [1.165, 1.54) is 25.0 Å². The minimum atomic E-state index is 0.678. The van der Waals surface area contributed by atoms with Crippen LogP contribution in [0, 0.1) is 5.92 Å². The van der Waals surface area contributed by atoms with Gasteiger partial charge in [0.05, 0.1) is 0 Å². The number of hydrogen-bond acceptors (Lipinski definition) is 3. The molecule has 0 aliphatic carbocycles. The summed E-state index contributed by atoms with van der Waals surface area (Å²) in [5.74, 6) is 1.93. The van der Waals surface area contributed by atoms with Crippen molar-refractivity contribution in [1.82, 2.24) is 4.90 Å². The second-order valence-corrected chi connectivity index (χ2v) is 5.45. The van der Waals surface area contributed by atoms with E-state index in [2.05, 4.69) is 32.1 Å². The second kappa shape index (κ2) is 9.49. The molecule has 2 nitrogen and oxygen atoms in total. The van der Waals surface area contributed by atoms with Crippen molar-refractivity contribution in [2.24, 2.45) is 11.7 Å². The minimum absolute atomic E-state index is 0.678. The molecule has 0 heterocycles. The van der Waals surface area contributed by atoms with Crippen molar-refractivity contribution < 1.29 is 0 Å². The quantitative estimate of drug-likeness (QED) is 0.662. The Bertz CT molecular complexity index is 142. The van der Waals surface area contributed by atoms with Crippen molar-refractivity contribution in [3.8, 4) is 0 Å². The third-order valence-corrected chi connectivity index (χ3v) is 3.71. The van der Waals surface area contributed by atoms with Crippen LogP contribution in [0.1, 0.15) is 33.1 Å². The Kier molecular flexibility index (Phi) is 9.66. The van der Waals surface area contributed by atoms with E-state index in [9.17, 15) is 0 Å². The Balaban J connectivity index is 3.81. The van der Waals surface area contributed by atoms with Gasteiger partial charge in [0.1, 0.15) is 0 Å². The fourth-order valence-corrected chi connectivity index (χ4v) is 2.36. The summed E-state index contributed by atoms with van der Waals surface area (Å²) in [6.07, 6.45) is 5.96. The van der Waals surface area contributed by atoms with Gasteiger partial charge in [0.15, 0.2) is 0 Å². The fourth-order valence-electron chi connectivity index (χ4n) is 1.79. The zero-order valence-electron chi connectivity index (χ0n) is 10.8. The van der Waals surface area contributed by atoms with Crippen LogP contribution in [0.25, 0.3) is 0 Å². The molecule has 92 valence electrons. The van der Waals surface area contributed by atoms with Crippen LogP contribution in [-0.4, -0.2) is 43.1 Å². The molecule has 3 heteroatoms. The summed E-state index contributed by atoms with van der Waals surface area (Å²) in [5.41, 5.74) is 5.78. The van der Waals surface area contributed by atoms with Crippen molar-refractivity contribution in [2.75, 3.05) is 32.1 Å². The number of thioether (sulfide) groups is 1. The van der Waals surface area contributed by atoms with Gasteiger partial charge in [0.25, 0.3) is 0 Å². The Morgan fingerprint density at radius 3 is 2.47 bits per heavy atom. The van der Waals surface area contributed by atoms with Gasteiger partial charge < -0.3 is 10.6 Å². The van der Waals surface area contributed by atoms with Crippen LogP contribution in [0.3, 0.4) is 0 Å². The molecule has 2 atom stereocenters. The number of rotatable bonds is 9. The normalized spacial score (nSPS) is 15.6. The van der Waals surface area contributed by atoms with Crippen LogP contribution in [0.2, 0.25) is 0 Å². The van der Waals surface area contributed by atoms with Crippen LogP contribution in [-0.2, 0) is 0 Å². The van der Waals surface area contributed by atoms with Gasteiger partial charge >= 0.3 is 0 Å². The molecule has 0 spiro atoms. The fraction of sp³-hybridized carbons (Fsp3) is 1.00. The van der Waals surface area contributed by atoms with Crippen molar-refractivity contribution in [1.29, 1.82) is 0 Å². The Hall–Kier alpha value is 0.270. The highest BCUT2D eigenvalue weighted by molar-refractivity contribution is 7.98. The van der Waals surface area contributed by atoms with Crippen LogP contribution in [0.15, 0.2) is 0 Å². The molecule has 0 aliphatic rings. The van der Waals surface area contributed by atoms with E-state index in [0.717, 1.165) is 13.1 Å². The molecule has 0 rings (SSSR count). The molecule has 15 heavy (non-hydrogen) atoms. The first-order valence-corrected chi connectivity index (χ1v) is 7.44. The molecule has 0 saturated heterocycles. The summed E-state index contributed by atoms with van der Waals surface area (Å²) in [6, 6.07) is 0.684. The molecule has 0 fully saturated rings. The van der Waals surface area contributed by atoms with Crippen LogP contribution in [0.4, 0.5) is 0 Å². The summed E-state index contributed by atoms with van der Waals surface area (Å²) >= 11 is 1.93. The van der Waals surface area contributed by atoms with E-state index >= 15 is 0 Å². The van der Waals surface area contributed by atoms with Gasteiger partial charge in [-0.1, -0.05) is 13.3 Å². The molecule has 0 amide bonds. The maximum Gasteiger partial charge on any atom is 0.00718 e. The first-order valence-electron chi connectivity index (χ1n) is 6.04. The van der Waals surface area contributed by atoms with E-state index in [1.54, 1.807) is 0 Å². The van der Waals surface area contributed by atoms with Crippen LogP contribution >= 0.6 is 11.8 Å². The highest BCUT2D eigenvalue weighted by Crippen LogP contribution is 2.11. The average Bonchev–Trinajstić information content (AvgIpc) is 2.24. The molecule has 0 radical (unpaired) electrons. The van der Waals surface area contributed by atoms with Gasteiger partial charge in [-0.15, -0.1) is 0 Å². The topological polar surface area (TPSA) is 29.3 Å². The SMILES string of the molecule is CCCC(CN)CN(C)C(C)CCSC. The largest absolute Gasteiger partial charge is 0.330 e. The maximum atomic E-state index is 5.78. The lowest BCUT2D eigenvalue weighted by Crippen LogP contribution is -2.36. The van der Waals surface area contributed by atoms with Gasteiger partial charge in [0, 0.05) is 12.6 Å². The lowest BCUT2D eigenvalue weighted by atomic mass is 10.0. The Morgan fingerprint density at radius 1 is 1.33 bits per heavy atom. The monoisotopic (exact) mass is 232 g/mol. The standard InChI is InChI=1S/C12H28N2S/c1-5-6-12(9-13)10-14(3)11(2)7-8-15-4/h11-12H,5-10,13H2,1-4H3. The van der Waals surface area contributed by atoms with Crippen molar-refractivity contribution in [3.05, 3.63) is 0 Å². The summed E-state index contributed by atoms with van der Waals surface area (Å²) in [5, 5.41) is 0. The van der Waals surface area contributed by atoms with E-state index in [0.29, 0.717) is 12.0 Å². The van der Waals surface area contributed by atoms with Gasteiger partial charge in [-0.05, 0) is 51.3 Å². The number of nitrogens with two attached hydrogens (primary N) is 1. The first-order chi connectivity index (χ1) is 7.15.